The lowest BCUT2D eigenvalue weighted by Gasteiger charge is -2.02. The highest BCUT2D eigenvalue weighted by Gasteiger charge is 2.22. The van der Waals surface area contributed by atoms with E-state index in [1.165, 1.54) is 42.6 Å². The van der Waals surface area contributed by atoms with Gasteiger partial charge in [0.05, 0.1) is 19.1 Å². The SMILES string of the molecule is COC(=O)c1sc(CCC2CC2)cc1/N=C/N(C)C. The number of aryl methyl sites for hydroxylation is 1. The highest BCUT2D eigenvalue weighted by Crippen LogP contribution is 2.36. The van der Waals surface area contributed by atoms with Gasteiger partial charge in [-0.3, -0.25) is 0 Å². The summed E-state index contributed by atoms with van der Waals surface area (Å²) in [7, 11) is 5.22. The number of carbonyl (C=O) groups is 1. The fourth-order valence-electron chi connectivity index (χ4n) is 1.82. The summed E-state index contributed by atoms with van der Waals surface area (Å²) in [5.41, 5.74) is 0.719. The van der Waals surface area contributed by atoms with Gasteiger partial charge in [0.15, 0.2) is 0 Å². The number of methoxy groups -OCH3 is 1. The number of aliphatic imine (C=N–C) groups is 1. The molecule has 2 rings (SSSR count). The van der Waals surface area contributed by atoms with Gasteiger partial charge in [0.2, 0.25) is 0 Å². The third-order valence-electron chi connectivity index (χ3n) is 3.06. The van der Waals surface area contributed by atoms with Crippen LogP contribution in [0.2, 0.25) is 0 Å². The molecule has 0 bridgehead atoms. The van der Waals surface area contributed by atoms with Crippen LogP contribution in [-0.2, 0) is 11.2 Å². The Morgan fingerprint density at radius 3 is 2.89 bits per heavy atom. The molecule has 1 aromatic rings. The van der Waals surface area contributed by atoms with E-state index < -0.39 is 0 Å². The van der Waals surface area contributed by atoms with Gasteiger partial charge in [-0.1, -0.05) is 12.8 Å². The molecule has 0 aromatic carbocycles. The van der Waals surface area contributed by atoms with Crippen molar-refractivity contribution in [1.29, 1.82) is 0 Å². The second-order valence-corrected chi connectivity index (χ2v) is 6.25. The van der Waals surface area contributed by atoms with E-state index in [-0.39, 0.29) is 5.97 Å². The summed E-state index contributed by atoms with van der Waals surface area (Å²) in [5, 5.41) is 0. The van der Waals surface area contributed by atoms with Gasteiger partial charge in [-0.25, -0.2) is 9.79 Å². The predicted molar refractivity (Wildman–Crippen MR) is 78.5 cm³/mol. The maximum absolute atomic E-state index is 11.7. The number of ether oxygens (including phenoxy) is 1. The van der Waals surface area contributed by atoms with E-state index in [4.69, 9.17) is 4.74 Å². The predicted octanol–water partition coefficient (Wildman–Crippen LogP) is 3.10. The number of nitrogens with zero attached hydrogens (tertiary/aromatic N) is 2. The summed E-state index contributed by atoms with van der Waals surface area (Å²) in [5.74, 6) is 0.603. The van der Waals surface area contributed by atoms with Crippen LogP contribution in [0.4, 0.5) is 5.69 Å². The normalized spacial score (nSPS) is 14.9. The summed E-state index contributed by atoms with van der Waals surface area (Å²) in [4.78, 5) is 19.8. The topological polar surface area (TPSA) is 41.9 Å². The molecule has 0 N–H and O–H groups in total. The Hall–Kier alpha value is -1.36. The second-order valence-electron chi connectivity index (χ2n) is 5.11. The summed E-state index contributed by atoms with van der Waals surface area (Å²) in [6.45, 7) is 0. The smallest absolute Gasteiger partial charge is 0.350 e. The van der Waals surface area contributed by atoms with Gasteiger partial charge < -0.3 is 9.64 Å². The van der Waals surface area contributed by atoms with Crippen LogP contribution in [0.3, 0.4) is 0 Å². The van der Waals surface area contributed by atoms with E-state index in [1.807, 2.05) is 25.1 Å². The minimum atomic E-state index is -0.298. The molecule has 0 aliphatic heterocycles. The monoisotopic (exact) mass is 280 g/mol. The first-order valence-corrected chi connectivity index (χ1v) is 7.33. The average Bonchev–Trinajstić information content (AvgIpc) is 3.12. The summed E-state index contributed by atoms with van der Waals surface area (Å²) < 4.78 is 4.82. The molecule has 1 aromatic heterocycles. The van der Waals surface area contributed by atoms with E-state index >= 15 is 0 Å². The van der Waals surface area contributed by atoms with E-state index in [0.29, 0.717) is 4.88 Å². The summed E-state index contributed by atoms with van der Waals surface area (Å²) >= 11 is 1.51. The van der Waals surface area contributed by atoms with E-state index in [2.05, 4.69) is 4.99 Å². The van der Waals surface area contributed by atoms with Crippen molar-refractivity contribution in [2.75, 3.05) is 21.2 Å². The summed E-state index contributed by atoms with van der Waals surface area (Å²) in [6.07, 6.45) is 6.69. The molecule has 1 saturated carbocycles. The molecule has 0 saturated heterocycles. The van der Waals surface area contributed by atoms with Crippen molar-refractivity contribution < 1.29 is 9.53 Å². The molecule has 1 aliphatic rings. The van der Waals surface area contributed by atoms with Crippen LogP contribution in [0.15, 0.2) is 11.1 Å². The van der Waals surface area contributed by atoms with Crippen LogP contribution in [0, 0.1) is 5.92 Å². The first-order chi connectivity index (χ1) is 9.10. The number of hydrogen-bond donors (Lipinski definition) is 0. The van der Waals surface area contributed by atoms with Gasteiger partial charge in [0.1, 0.15) is 4.88 Å². The Morgan fingerprint density at radius 1 is 1.58 bits per heavy atom. The molecule has 1 aliphatic carbocycles. The van der Waals surface area contributed by atoms with Crippen LogP contribution in [0.5, 0.6) is 0 Å². The molecular weight excluding hydrogens is 260 g/mol. The van der Waals surface area contributed by atoms with Crippen molar-refractivity contribution in [2.24, 2.45) is 10.9 Å². The number of carbonyl (C=O) groups excluding carboxylic acids is 1. The second kappa shape index (κ2) is 6.19. The molecule has 4 nitrogen and oxygen atoms in total. The zero-order valence-corrected chi connectivity index (χ0v) is 12.5. The van der Waals surface area contributed by atoms with E-state index in [9.17, 15) is 4.79 Å². The number of thiophene rings is 1. The van der Waals surface area contributed by atoms with Crippen molar-refractivity contribution in [1.82, 2.24) is 4.90 Å². The Morgan fingerprint density at radius 2 is 2.32 bits per heavy atom. The lowest BCUT2D eigenvalue weighted by Crippen LogP contribution is -2.07. The van der Waals surface area contributed by atoms with Crippen molar-refractivity contribution >= 4 is 29.3 Å². The molecule has 0 atom stereocenters. The standard InChI is InChI=1S/C14H20N2O2S/c1-16(2)9-15-12-8-11(7-6-10-4-5-10)19-13(12)14(17)18-3/h8-10H,4-7H2,1-3H3/b15-9+. The largest absolute Gasteiger partial charge is 0.465 e. The number of hydrogen-bond acceptors (Lipinski definition) is 4. The Balaban J connectivity index is 2.14. The maximum atomic E-state index is 11.7. The average molecular weight is 280 g/mol. The van der Waals surface area contributed by atoms with Gasteiger partial charge >= 0.3 is 5.97 Å². The highest BCUT2D eigenvalue weighted by atomic mass is 32.1. The molecule has 0 unspecified atom stereocenters. The van der Waals surface area contributed by atoms with Crippen molar-refractivity contribution in [3.63, 3.8) is 0 Å². The maximum Gasteiger partial charge on any atom is 0.350 e. The lowest BCUT2D eigenvalue weighted by atomic mass is 10.2. The highest BCUT2D eigenvalue weighted by molar-refractivity contribution is 7.14. The van der Waals surface area contributed by atoms with E-state index in [1.54, 1.807) is 6.34 Å². The summed E-state index contributed by atoms with van der Waals surface area (Å²) in [6, 6.07) is 2.01. The number of esters is 1. The Bertz CT molecular complexity index is 476. The van der Waals surface area contributed by atoms with Crippen molar-refractivity contribution in [2.45, 2.75) is 25.7 Å². The molecule has 1 heterocycles. The molecule has 19 heavy (non-hydrogen) atoms. The lowest BCUT2D eigenvalue weighted by molar-refractivity contribution is 0.0607. The van der Waals surface area contributed by atoms with Crippen LogP contribution in [-0.4, -0.2) is 38.4 Å². The third kappa shape index (κ3) is 4.06. The molecule has 0 amide bonds. The molecule has 0 radical (unpaired) electrons. The first kappa shape index (κ1) is 14.1. The van der Waals surface area contributed by atoms with Crippen LogP contribution in [0.25, 0.3) is 0 Å². The van der Waals surface area contributed by atoms with E-state index in [0.717, 1.165) is 18.0 Å². The molecule has 0 spiro atoms. The van der Waals surface area contributed by atoms with Crippen molar-refractivity contribution in [3.05, 3.63) is 15.8 Å². The fourth-order valence-corrected chi connectivity index (χ4v) is 2.86. The Kier molecular flexibility index (Phi) is 4.58. The van der Waals surface area contributed by atoms with Crippen LogP contribution in [0.1, 0.15) is 33.8 Å². The molecule has 104 valence electrons. The van der Waals surface area contributed by atoms with Gasteiger partial charge in [-0.2, -0.15) is 0 Å². The first-order valence-electron chi connectivity index (χ1n) is 6.51. The quantitative estimate of drug-likeness (QED) is 0.457. The minimum absolute atomic E-state index is 0.298. The van der Waals surface area contributed by atoms with Gasteiger partial charge in [0.25, 0.3) is 0 Å². The fraction of sp³-hybridized carbons (Fsp3) is 0.571. The van der Waals surface area contributed by atoms with Crippen LogP contribution < -0.4 is 0 Å². The zero-order chi connectivity index (χ0) is 13.8. The van der Waals surface area contributed by atoms with Gasteiger partial charge in [-0.05, 0) is 24.8 Å². The van der Waals surface area contributed by atoms with Crippen molar-refractivity contribution in [3.8, 4) is 0 Å². The number of rotatable bonds is 6. The molecule has 5 heteroatoms. The van der Waals surface area contributed by atoms with Crippen LogP contribution >= 0.6 is 11.3 Å². The molecular formula is C14H20N2O2S. The third-order valence-corrected chi connectivity index (χ3v) is 4.22. The minimum Gasteiger partial charge on any atom is -0.465 e. The Labute approximate surface area is 118 Å². The molecule has 1 fully saturated rings. The van der Waals surface area contributed by atoms with Gasteiger partial charge in [-0.15, -0.1) is 11.3 Å². The zero-order valence-electron chi connectivity index (χ0n) is 11.7. The van der Waals surface area contributed by atoms with Gasteiger partial charge in [0, 0.05) is 19.0 Å².